The first kappa shape index (κ1) is 15.3. The lowest BCUT2D eigenvalue weighted by Gasteiger charge is -2.01. The fourth-order valence-electron chi connectivity index (χ4n) is 2.04. The minimum Gasteiger partial charge on any atom is -0.306 e. The van der Waals surface area contributed by atoms with Crippen LogP contribution in [0.25, 0.3) is 11.0 Å². The van der Waals surface area contributed by atoms with E-state index in [-0.39, 0.29) is 21.4 Å². The molecule has 0 aliphatic carbocycles. The number of nitrogens with zero attached hydrogens (tertiary/aromatic N) is 2. The van der Waals surface area contributed by atoms with Gasteiger partial charge in [-0.1, -0.05) is 23.2 Å². The van der Waals surface area contributed by atoms with Gasteiger partial charge in [-0.15, -0.1) is 0 Å². The minimum absolute atomic E-state index is 0.0385. The van der Waals surface area contributed by atoms with Gasteiger partial charge in [0.25, 0.3) is 5.69 Å². The molecule has 1 aromatic heterocycles. The normalized spacial score (nSPS) is 11.4. The second kappa shape index (κ2) is 5.86. The van der Waals surface area contributed by atoms with Crippen LogP contribution in [0.4, 0.5) is 11.4 Å². The summed E-state index contributed by atoms with van der Waals surface area (Å²) in [6.45, 7) is 0. The highest BCUT2D eigenvalue weighted by Crippen LogP contribution is 2.30. The van der Waals surface area contributed by atoms with Crippen molar-refractivity contribution in [2.45, 2.75) is 0 Å². The third-order valence-corrected chi connectivity index (χ3v) is 3.75. The Morgan fingerprint density at radius 2 is 1.83 bits per heavy atom. The summed E-state index contributed by atoms with van der Waals surface area (Å²) < 4.78 is 0. The number of fused-ring (bicyclic) bond motifs is 1. The molecule has 3 rings (SSSR count). The van der Waals surface area contributed by atoms with Crippen molar-refractivity contribution in [2.75, 3.05) is 0 Å². The van der Waals surface area contributed by atoms with Crippen molar-refractivity contribution in [3.8, 4) is 0 Å². The van der Waals surface area contributed by atoms with Crippen molar-refractivity contribution in [1.82, 2.24) is 9.97 Å². The maximum atomic E-state index is 11.2. The summed E-state index contributed by atoms with van der Waals surface area (Å²) in [5.74, 6) is 0. The first-order valence-electron chi connectivity index (χ1n) is 6.33. The van der Waals surface area contributed by atoms with Gasteiger partial charge in [0.2, 0.25) is 0 Å². The van der Waals surface area contributed by atoms with Crippen LogP contribution < -0.4 is 5.69 Å². The lowest BCUT2D eigenvalue weighted by atomic mass is 10.2. The molecule has 0 unspecified atom stereocenters. The number of benzene rings is 2. The molecule has 2 aromatic carbocycles. The highest BCUT2D eigenvalue weighted by molar-refractivity contribution is 6.37. The molecule has 0 spiro atoms. The zero-order chi connectivity index (χ0) is 16.6. The highest BCUT2D eigenvalue weighted by Gasteiger charge is 2.15. The van der Waals surface area contributed by atoms with E-state index in [1.54, 1.807) is 18.2 Å². The molecule has 0 saturated carbocycles. The lowest BCUT2D eigenvalue weighted by molar-refractivity contribution is -0.384. The van der Waals surface area contributed by atoms with Crippen LogP contribution in [-0.4, -0.2) is 21.1 Å². The number of H-pyrrole nitrogens is 2. The Kier molecular flexibility index (Phi) is 3.89. The van der Waals surface area contributed by atoms with Crippen molar-refractivity contribution in [3.05, 3.63) is 66.5 Å². The van der Waals surface area contributed by atoms with Crippen molar-refractivity contribution < 1.29 is 4.92 Å². The zero-order valence-corrected chi connectivity index (χ0v) is 12.9. The molecule has 0 saturated heterocycles. The van der Waals surface area contributed by atoms with Crippen molar-refractivity contribution in [3.63, 3.8) is 0 Å². The molecule has 0 aliphatic heterocycles. The number of hydrogen-bond acceptors (Lipinski definition) is 4. The van der Waals surface area contributed by atoms with E-state index in [9.17, 15) is 14.9 Å². The predicted octanol–water partition coefficient (Wildman–Crippen LogP) is 3.82. The van der Waals surface area contributed by atoms with Gasteiger partial charge in [0, 0.05) is 17.8 Å². The van der Waals surface area contributed by atoms with Crippen molar-refractivity contribution >= 4 is 51.8 Å². The summed E-state index contributed by atoms with van der Waals surface area (Å²) in [4.78, 5) is 31.0. The number of nitro benzene ring substituents is 1. The number of imidazole rings is 1. The fraction of sp³-hybridized carbons (Fsp3) is 0. The maximum absolute atomic E-state index is 11.2. The van der Waals surface area contributed by atoms with Crippen LogP contribution in [0.2, 0.25) is 10.0 Å². The van der Waals surface area contributed by atoms with Gasteiger partial charge in [0.1, 0.15) is 5.02 Å². The van der Waals surface area contributed by atoms with Gasteiger partial charge in [-0.3, -0.25) is 15.1 Å². The molecule has 9 heteroatoms. The Morgan fingerprint density at radius 3 is 2.57 bits per heavy atom. The number of aromatic nitrogens is 2. The monoisotopic (exact) mass is 350 g/mol. The van der Waals surface area contributed by atoms with Crippen LogP contribution in [0.5, 0.6) is 0 Å². The standard InChI is InChI=1S/C14H8Cl2N4O3/c15-9-5-10(16)13(20(22)23)3-7(9)6-17-8-1-2-11-12(4-8)19-14(21)18-11/h1-6H,(H2,18,19,21). The van der Waals surface area contributed by atoms with E-state index in [0.29, 0.717) is 22.3 Å². The second-order valence-corrected chi connectivity index (χ2v) is 5.46. The number of nitro groups is 1. The van der Waals surface area contributed by atoms with Gasteiger partial charge in [-0.05, 0) is 24.3 Å². The van der Waals surface area contributed by atoms with Gasteiger partial charge in [-0.25, -0.2) is 4.79 Å². The van der Waals surface area contributed by atoms with Crippen LogP contribution in [-0.2, 0) is 0 Å². The third-order valence-electron chi connectivity index (χ3n) is 3.12. The van der Waals surface area contributed by atoms with E-state index >= 15 is 0 Å². The van der Waals surface area contributed by atoms with E-state index in [0.717, 1.165) is 0 Å². The smallest absolute Gasteiger partial charge is 0.306 e. The predicted molar refractivity (Wildman–Crippen MR) is 89.3 cm³/mol. The summed E-state index contributed by atoms with van der Waals surface area (Å²) in [5, 5.41) is 11.1. The van der Waals surface area contributed by atoms with Gasteiger partial charge >= 0.3 is 5.69 Å². The molecule has 1 heterocycles. The number of halogens is 2. The maximum Gasteiger partial charge on any atom is 0.323 e. The first-order chi connectivity index (χ1) is 10.9. The highest BCUT2D eigenvalue weighted by atomic mass is 35.5. The topological polar surface area (TPSA) is 104 Å². The molecule has 116 valence electrons. The number of rotatable bonds is 3. The number of hydrogen-bond donors (Lipinski definition) is 2. The molecule has 0 amide bonds. The fourth-order valence-corrected chi connectivity index (χ4v) is 2.54. The molecule has 23 heavy (non-hydrogen) atoms. The van der Waals surface area contributed by atoms with Gasteiger partial charge in [-0.2, -0.15) is 0 Å². The van der Waals surface area contributed by atoms with E-state index in [2.05, 4.69) is 15.0 Å². The summed E-state index contributed by atoms with van der Waals surface area (Å²) in [5.41, 5.74) is 1.64. The second-order valence-electron chi connectivity index (χ2n) is 4.65. The van der Waals surface area contributed by atoms with Crippen LogP contribution in [0, 0.1) is 10.1 Å². The summed E-state index contributed by atoms with van der Waals surface area (Å²) in [7, 11) is 0. The van der Waals surface area contributed by atoms with E-state index in [1.165, 1.54) is 18.3 Å². The van der Waals surface area contributed by atoms with Crippen LogP contribution in [0.15, 0.2) is 40.1 Å². The minimum atomic E-state index is -0.591. The summed E-state index contributed by atoms with van der Waals surface area (Å²) in [6.07, 6.45) is 1.40. The number of nitrogens with one attached hydrogen (secondary N) is 2. The third kappa shape index (κ3) is 3.10. The molecule has 0 radical (unpaired) electrons. The molecule has 0 fully saturated rings. The largest absolute Gasteiger partial charge is 0.323 e. The Bertz CT molecular complexity index is 1010. The molecular weight excluding hydrogens is 343 g/mol. The quantitative estimate of drug-likeness (QED) is 0.426. The van der Waals surface area contributed by atoms with Crippen molar-refractivity contribution in [2.24, 2.45) is 4.99 Å². The SMILES string of the molecule is O=c1[nH]c2ccc(N=Cc3cc([N+](=O)[O-])c(Cl)cc3Cl)cc2[nH]1. The van der Waals surface area contributed by atoms with Gasteiger partial charge in [0.15, 0.2) is 0 Å². The summed E-state index contributed by atoms with van der Waals surface area (Å²) in [6, 6.07) is 7.62. The lowest BCUT2D eigenvalue weighted by Crippen LogP contribution is -1.99. The Morgan fingerprint density at radius 1 is 1.09 bits per heavy atom. The van der Waals surface area contributed by atoms with Crippen LogP contribution >= 0.6 is 23.2 Å². The molecule has 7 nitrogen and oxygen atoms in total. The van der Waals surface area contributed by atoms with Gasteiger partial charge < -0.3 is 9.97 Å². The first-order valence-corrected chi connectivity index (χ1v) is 7.09. The molecule has 3 aromatic rings. The number of aliphatic imine (C=N–C) groups is 1. The van der Waals surface area contributed by atoms with E-state index in [1.807, 2.05) is 0 Å². The number of aromatic amines is 2. The Hall–Kier alpha value is -2.64. The molecule has 0 bridgehead atoms. The molecular formula is C14H8Cl2N4O3. The average Bonchev–Trinajstić information content (AvgIpc) is 2.85. The Balaban J connectivity index is 1.99. The molecule has 2 N–H and O–H groups in total. The zero-order valence-electron chi connectivity index (χ0n) is 11.3. The summed E-state index contributed by atoms with van der Waals surface area (Å²) >= 11 is 11.8. The van der Waals surface area contributed by atoms with Crippen molar-refractivity contribution in [1.29, 1.82) is 0 Å². The average molecular weight is 351 g/mol. The van der Waals surface area contributed by atoms with Crippen LogP contribution in [0.3, 0.4) is 0 Å². The van der Waals surface area contributed by atoms with E-state index in [4.69, 9.17) is 23.2 Å². The Labute approximate surface area is 138 Å². The molecule has 0 aliphatic rings. The van der Waals surface area contributed by atoms with E-state index < -0.39 is 4.92 Å². The molecule has 0 atom stereocenters. The van der Waals surface area contributed by atoms with Crippen LogP contribution in [0.1, 0.15) is 5.56 Å². The van der Waals surface area contributed by atoms with Gasteiger partial charge in [0.05, 0.1) is 26.7 Å².